The van der Waals surface area contributed by atoms with E-state index in [1.54, 1.807) is 0 Å². The first-order valence-corrected chi connectivity index (χ1v) is 7.47. The largest absolute Gasteiger partial charge is 0.381 e. The molecule has 0 heterocycles. The molecule has 1 aromatic carbocycles. The first kappa shape index (κ1) is 14.9. The van der Waals surface area contributed by atoms with E-state index >= 15 is 0 Å². The molecule has 1 aliphatic rings. The monoisotopic (exact) mass is 271 g/mol. The summed E-state index contributed by atoms with van der Waals surface area (Å²) in [4.78, 5) is 0. The molecule has 0 radical (unpaired) electrons. The number of anilines is 1. The molecule has 0 saturated heterocycles. The standard InChI is InChI=1S/C17H25N3/c1-17(2,3)13-4-9-16(12(10-13)11-18)20-15-7-5-14(19)6-8-15/h4,9-10,14-15,20H,5-8,19H2,1-3H3. The third-order valence-corrected chi connectivity index (χ3v) is 4.14. The van der Waals surface area contributed by atoms with Crippen LogP contribution in [0.15, 0.2) is 18.2 Å². The van der Waals surface area contributed by atoms with Gasteiger partial charge in [-0.2, -0.15) is 5.26 Å². The van der Waals surface area contributed by atoms with Crippen molar-refractivity contribution in [2.45, 2.75) is 64.0 Å². The van der Waals surface area contributed by atoms with Crippen LogP contribution in [0.4, 0.5) is 5.69 Å². The predicted octanol–water partition coefficient (Wildman–Crippen LogP) is 3.54. The van der Waals surface area contributed by atoms with E-state index in [-0.39, 0.29) is 5.41 Å². The first-order chi connectivity index (χ1) is 9.40. The van der Waals surface area contributed by atoms with E-state index in [0.29, 0.717) is 12.1 Å². The second kappa shape index (κ2) is 5.85. The fourth-order valence-electron chi connectivity index (χ4n) is 2.71. The topological polar surface area (TPSA) is 61.8 Å². The number of hydrogen-bond acceptors (Lipinski definition) is 3. The molecule has 108 valence electrons. The molecule has 1 saturated carbocycles. The molecular weight excluding hydrogens is 246 g/mol. The van der Waals surface area contributed by atoms with Crippen LogP contribution in [0.3, 0.4) is 0 Å². The fourth-order valence-corrected chi connectivity index (χ4v) is 2.71. The number of nitriles is 1. The highest BCUT2D eigenvalue weighted by Gasteiger charge is 2.20. The number of rotatable bonds is 2. The van der Waals surface area contributed by atoms with E-state index in [1.807, 2.05) is 12.1 Å². The second-order valence-corrected chi connectivity index (χ2v) is 6.88. The van der Waals surface area contributed by atoms with Gasteiger partial charge in [0.1, 0.15) is 6.07 Å². The van der Waals surface area contributed by atoms with Crippen LogP contribution in [0, 0.1) is 11.3 Å². The number of nitrogens with one attached hydrogen (secondary N) is 1. The Bertz CT molecular complexity index is 500. The van der Waals surface area contributed by atoms with Gasteiger partial charge in [0, 0.05) is 12.1 Å². The summed E-state index contributed by atoms with van der Waals surface area (Å²) in [5, 5.41) is 12.9. The fraction of sp³-hybridized carbons (Fsp3) is 0.588. The Hall–Kier alpha value is -1.53. The van der Waals surface area contributed by atoms with E-state index in [2.05, 4.69) is 38.2 Å². The van der Waals surface area contributed by atoms with Crippen LogP contribution in [0.25, 0.3) is 0 Å². The Kier molecular flexibility index (Phi) is 4.35. The number of nitrogens with two attached hydrogens (primary N) is 1. The molecule has 0 aromatic heterocycles. The lowest BCUT2D eigenvalue weighted by molar-refractivity contribution is 0.411. The van der Waals surface area contributed by atoms with Crippen LogP contribution in [-0.2, 0) is 5.41 Å². The quantitative estimate of drug-likeness (QED) is 0.865. The van der Waals surface area contributed by atoms with E-state index in [1.165, 1.54) is 5.56 Å². The summed E-state index contributed by atoms with van der Waals surface area (Å²) in [6, 6.07) is 9.30. The highest BCUT2D eigenvalue weighted by atomic mass is 14.9. The number of benzene rings is 1. The molecule has 20 heavy (non-hydrogen) atoms. The number of nitrogens with zero attached hydrogens (tertiary/aromatic N) is 1. The zero-order valence-corrected chi connectivity index (χ0v) is 12.7. The summed E-state index contributed by atoms with van der Waals surface area (Å²) in [6.45, 7) is 6.50. The average Bonchev–Trinajstić information content (AvgIpc) is 2.40. The summed E-state index contributed by atoms with van der Waals surface area (Å²) in [7, 11) is 0. The van der Waals surface area contributed by atoms with Crippen LogP contribution in [0.1, 0.15) is 57.6 Å². The summed E-state index contributed by atoms with van der Waals surface area (Å²) >= 11 is 0. The lowest BCUT2D eigenvalue weighted by atomic mass is 9.85. The van der Waals surface area contributed by atoms with Crippen molar-refractivity contribution in [3.05, 3.63) is 29.3 Å². The molecular formula is C17H25N3. The van der Waals surface area contributed by atoms with Gasteiger partial charge in [-0.1, -0.05) is 26.8 Å². The Balaban J connectivity index is 2.14. The van der Waals surface area contributed by atoms with Gasteiger partial charge in [0.05, 0.1) is 11.3 Å². The smallest absolute Gasteiger partial charge is 0.101 e. The van der Waals surface area contributed by atoms with Crippen molar-refractivity contribution in [2.24, 2.45) is 5.73 Å². The zero-order chi connectivity index (χ0) is 14.8. The highest BCUT2D eigenvalue weighted by Crippen LogP contribution is 2.28. The van der Waals surface area contributed by atoms with Gasteiger partial charge in [-0.15, -0.1) is 0 Å². The summed E-state index contributed by atoms with van der Waals surface area (Å²) < 4.78 is 0. The molecule has 0 spiro atoms. The molecule has 0 amide bonds. The van der Waals surface area contributed by atoms with Gasteiger partial charge in [0.25, 0.3) is 0 Å². The van der Waals surface area contributed by atoms with Crippen molar-refractivity contribution in [2.75, 3.05) is 5.32 Å². The van der Waals surface area contributed by atoms with Gasteiger partial charge in [0.15, 0.2) is 0 Å². The van der Waals surface area contributed by atoms with Crippen molar-refractivity contribution in [1.82, 2.24) is 0 Å². The first-order valence-electron chi connectivity index (χ1n) is 7.47. The molecule has 1 fully saturated rings. The Morgan fingerprint density at radius 2 is 1.85 bits per heavy atom. The van der Waals surface area contributed by atoms with E-state index in [9.17, 15) is 5.26 Å². The molecule has 1 aromatic rings. The lowest BCUT2D eigenvalue weighted by Gasteiger charge is -2.28. The zero-order valence-electron chi connectivity index (χ0n) is 12.7. The average molecular weight is 271 g/mol. The maximum absolute atomic E-state index is 9.37. The second-order valence-electron chi connectivity index (χ2n) is 6.88. The van der Waals surface area contributed by atoms with Crippen LogP contribution in [0.2, 0.25) is 0 Å². The maximum Gasteiger partial charge on any atom is 0.101 e. The summed E-state index contributed by atoms with van der Waals surface area (Å²) in [5.41, 5.74) is 8.91. The maximum atomic E-state index is 9.37. The predicted molar refractivity (Wildman–Crippen MR) is 83.7 cm³/mol. The summed E-state index contributed by atoms with van der Waals surface area (Å²) in [6.07, 6.45) is 4.32. The minimum atomic E-state index is 0.0712. The Labute approximate surface area is 122 Å². The van der Waals surface area contributed by atoms with Gasteiger partial charge in [-0.3, -0.25) is 0 Å². The molecule has 0 atom stereocenters. The van der Waals surface area contributed by atoms with Gasteiger partial charge in [-0.05, 0) is 48.8 Å². The molecule has 3 N–H and O–H groups in total. The van der Waals surface area contributed by atoms with E-state index < -0.39 is 0 Å². The third kappa shape index (κ3) is 3.52. The molecule has 0 aliphatic heterocycles. The van der Waals surface area contributed by atoms with Crippen LogP contribution in [0.5, 0.6) is 0 Å². The molecule has 2 rings (SSSR count). The van der Waals surface area contributed by atoms with E-state index in [4.69, 9.17) is 5.73 Å². The highest BCUT2D eigenvalue weighted by molar-refractivity contribution is 5.59. The van der Waals surface area contributed by atoms with Crippen molar-refractivity contribution >= 4 is 5.69 Å². The lowest BCUT2D eigenvalue weighted by Crippen LogP contribution is -2.33. The van der Waals surface area contributed by atoms with Crippen LogP contribution in [-0.4, -0.2) is 12.1 Å². The van der Waals surface area contributed by atoms with Gasteiger partial charge < -0.3 is 11.1 Å². The molecule has 0 unspecified atom stereocenters. The minimum absolute atomic E-state index is 0.0712. The van der Waals surface area contributed by atoms with Crippen LogP contribution >= 0.6 is 0 Å². The SMILES string of the molecule is CC(C)(C)c1ccc(NC2CCC(N)CC2)c(C#N)c1. The normalized spacial score (nSPS) is 23.1. The van der Waals surface area contributed by atoms with Crippen molar-refractivity contribution in [3.63, 3.8) is 0 Å². The van der Waals surface area contributed by atoms with Gasteiger partial charge in [-0.25, -0.2) is 0 Å². The van der Waals surface area contributed by atoms with Crippen molar-refractivity contribution in [1.29, 1.82) is 5.26 Å². The molecule has 3 nitrogen and oxygen atoms in total. The molecule has 3 heteroatoms. The van der Waals surface area contributed by atoms with E-state index in [0.717, 1.165) is 36.9 Å². The Morgan fingerprint density at radius 3 is 2.40 bits per heavy atom. The van der Waals surface area contributed by atoms with Crippen molar-refractivity contribution in [3.8, 4) is 6.07 Å². The van der Waals surface area contributed by atoms with Gasteiger partial charge in [0.2, 0.25) is 0 Å². The van der Waals surface area contributed by atoms with Crippen LogP contribution < -0.4 is 11.1 Å². The Morgan fingerprint density at radius 1 is 1.20 bits per heavy atom. The van der Waals surface area contributed by atoms with Gasteiger partial charge >= 0.3 is 0 Å². The van der Waals surface area contributed by atoms with Crippen molar-refractivity contribution < 1.29 is 0 Å². The molecule has 0 bridgehead atoms. The number of hydrogen-bond donors (Lipinski definition) is 2. The molecule has 1 aliphatic carbocycles. The summed E-state index contributed by atoms with van der Waals surface area (Å²) in [5.74, 6) is 0. The third-order valence-electron chi connectivity index (χ3n) is 4.14. The minimum Gasteiger partial charge on any atom is -0.381 e.